The fourth-order valence-electron chi connectivity index (χ4n) is 2.31. The number of nitro benzene ring substituents is 2. The van der Waals surface area contributed by atoms with Gasteiger partial charge in [-0.05, 0) is 36.4 Å². The molecule has 0 fully saturated rings. The van der Waals surface area contributed by atoms with Crippen molar-refractivity contribution >= 4 is 52.6 Å². The van der Waals surface area contributed by atoms with Crippen LogP contribution in [-0.2, 0) is 9.53 Å². The molecule has 2 rings (SSSR count). The fourth-order valence-corrected chi connectivity index (χ4v) is 3.45. The third-order valence-corrected chi connectivity index (χ3v) is 5.24. The highest BCUT2D eigenvalue weighted by Crippen LogP contribution is 2.31. The van der Waals surface area contributed by atoms with Crippen LogP contribution in [0.15, 0.2) is 41.3 Å². The first-order chi connectivity index (χ1) is 14.6. The van der Waals surface area contributed by atoms with Crippen LogP contribution in [0.25, 0.3) is 0 Å². The summed E-state index contributed by atoms with van der Waals surface area (Å²) in [5.74, 6) is -2.99. The van der Waals surface area contributed by atoms with Gasteiger partial charge in [-0.25, -0.2) is 9.59 Å². The maximum atomic E-state index is 12.0. The molecule has 0 amide bonds. The summed E-state index contributed by atoms with van der Waals surface area (Å²) >= 11 is 6.70. The number of esters is 2. The Labute approximate surface area is 183 Å². The Morgan fingerprint density at radius 1 is 1.00 bits per heavy atom. The Bertz CT molecular complexity index is 1070. The summed E-state index contributed by atoms with van der Waals surface area (Å²) < 4.78 is 4.64. The van der Waals surface area contributed by atoms with E-state index in [0.29, 0.717) is 0 Å². The lowest BCUT2D eigenvalue weighted by Crippen LogP contribution is -2.13. The van der Waals surface area contributed by atoms with Gasteiger partial charge in [0.1, 0.15) is 5.02 Å². The van der Waals surface area contributed by atoms with Crippen LogP contribution in [0.2, 0.25) is 5.02 Å². The topological polar surface area (TPSA) is 167 Å². The first kappa shape index (κ1) is 23.8. The second-order valence-electron chi connectivity index (χ2n) is 5.88. The number of rotatable bonds is 9. The number of carboxylic acid groups (broad SMARTS) is 1. The summed E-state index contributed by atoms with van der Waals surface area (Å²) in [6.45, 7) is 0. The normalized spacial score (nSPS) is 10.4. The maximum absolute atomic E-state index is 12.0. The van der Waals surface area contributed by atoms with E-state index in [9.17, 15) is 34.6 Å². The SMILES string of the molecule is O=C(CCCSc1ccc(C(=O)O)cc1[N+](=O)[O-])OC(=O)c1ccc(Cl)c([N+](=O)[O-])c1. The Morgan fingerprint density at radius 2 is 1.61 bits per heavy atom. The second-order valence-corrected chi connectivity index (χ2v) is 7.43. The lowest BCUT2D eigenvalue weighted by Gasteiger charge is -2.05. The minimum Gasteiger partial charge on any atom is -0.478 e. The van der Waals surface area contributed by atoms with Gasteiger partial charge in [-0.1, -0.05) is 11.6 Å². The number of hydrogen-bond acceptors (Lipinski definition) is 9. The zero-order valence-electron chi connectivity index (χ0n) is 15.5. The molecule has 2 aromatic carbocycles. The third-order valence-electron chi connectivity index (χ3n) is 3.77. The van der Waals surface area contributed by atoms with Crippen molar-refractivity contribution in [2.45, 2.75) is 17.7 Å². The largest absolute Gasteiger partial charge is 0.478 e. The summed E-state index contributed by atoms with van der Waals surface area (Å²) in [6, 6.07) is 6.70. The van der Waals surface area contributed by atoms with Crippen molar-refractivity contribution in [1.29, 1.82) is 0 Å². The number of carbonyl (C=O) groups excluding carboxylic acids is 2. The van der Waals surface area contributed by atoms with Crippen molar-refractivity contribution in [3.8, 4) is 0 Å². The van der Waals surface area contributed by atoms with Gasteiger partial charge < -0.3 is 9.84 Å². The summed E-state index contributed by atoms with van der Waals surface area (Å²) in [5, 5.41) is 30.7. The van der Waals surface area contributed by atoms with Crippen LogP contribution < -0.4 is 0 Å². The van der Waals surface area contributed by atoms with Crippen molar-refractivity contribution in [2.75, 3.05) is 5.75 Å². The number of hydrogen-bond donors (Lipinski definition) is 1. The first-order valence-electron chi connectivity index (χ1n) is 8.43. The average Bonchev–Trinajstić information content (AvgIpc) is 2.70. The molecule has 0 aliphatic rings. The average molecular weight is 469 g/mol. The Balaban J connectivity index is 1.90. The van der Waals surface area contributed by atoms with E-state index in [0.717, 1.165) is 30.0 Å². The van der Waals surface area contributed by atoms with Crippen LogP contribution in [0.3, 0.4) is 0 Å². The molecule has 13 heteroatoms. The number of aromatic carboxylic acids is 1. The summed E-state index contributed by atoms with van der Waals surface area (Å²) in [6.07, 6.45) is 0.0187. The molecule has 0 aromatic heterocycles. The summed E-state index contributed by atoms with van der Waals surface area (Å²) in [4.78, 5) is 55.5. The third kappa shape index (κ3) is 6.49. The second kappa shape index (κ2) is 10.5. The van der Waals surface area contributed by atoms with E-state index in [4.69, 9.17) is 16.7 Å². The molecule has 0 aliphatic carbocycles. The number of nitrogens with zero attached hydrogens (tertiary/aromatic N) is 2. The molecule has 31 heavy (non-hydrogen) atoms. The van der Waals surface area contributed by atoms with Crippen LogP contribution in [0.1, 0.15) is 33.6 Å². The van der Waals surface area contributed by atoms with E-state index in [-0.39, 0.29) is 45.3 Å². The molecule has 0 saturated heterocycles. The van der Waals surface area contributed by atoms with Crippen molar-refractivity contribution < 1.29 is 34.1 Å². The predicted molar refractivity (Wildman–Crippen MR) is 109 cm³/mol. The molecular weight excluding hydrogens is 456 g/mol. The van der Waals surface area contributed by atoms with Crippen molar-refractivity contribution in [3.05, 3.63) is 72.8 Å². The van der Waals surface area contributed by atoms with Gasteiger partial charge in [0.25, 0.3) is 11.4 Å². The molecule has 0 radical (unpaired) electrons. The minimum atomic E-state index is -1.29. The molecule has 0 bridgehead atoms. The molecule has 0 aliphatic heterocycles. The van der Waals surface area contributed by atoms with Gasteiger partial charge in [-0.15, -0.1) is 11.8 Å². The van der Waals surface area contributed by atoms with Crippen LogP contribution in [0, 0.1) is 20.2 Å². The number of carboxylic acids is 1. The van der Waals surface area contributed by atoms with Crippen LogP contribution in [-0.4, -0.2) is 38.6 Å². The molecule has 1 N–H and O–H groups in total. The Kier molecular flexibility index (Phi) is 8.05. The molecular formula is C18H13ClN2O9S. The monoisotopic (exact) mass is 468 g/mol. The van der Waals surface area contributed by atoms with E-state index in [1.807, 2.05) is 0 Å². The van der Waals surface area contributed by atoms with E-state index in [1.54, 1.807) is 0 Å². The number of thioether (sulfide) groups is 1. The highest BCUT2D eigenvalue weighted by molar-refractivity contribution is 7.99. The Hall–Kier alpha value is -3.51. The van der Waals surface area contributed by atoms with Gasteiger partial charge in [0, 0.05) is 18.6 Å². The maximum Gasteiger partial charge on any atom is 0.346 e. The van der Waals surface area contributed by atoms with Gasteiger partial charge in [0.05, 0.1) is 25.9 Å². The highest BCUT2D eigenvalue weighted by atomic mass is 35.5. The molecule has 0 unspecified atom stereocenters. The van der Waals surface area contributed by atoms with Gasteiger partial charge in [0.15, 0.2) is 0 Å². The summed E-state index contributed by atoms with van der Waals surface area (Å²) in [5.41, 5.74) is -1.31. The van der Waals surface area contributed by atoms with Gasteiger partial charge >= 0.3 is 17.9 Å². The van der Waals surface area contributed by atoms with Gasteiger partial charge in [0.2, 0.25) is 0 Å². The molecule has 162 valence electrons. The predicted octanol–water partition coefficient (Wildman–Crippen LogP) is 4.11. The summed E-state index contributed by atoms with van der Waals surface area (Å²) in [7, 11) is 0. The number of carbonyl (C=O) groups is 3. The molecule has 0 spiro atoms. The van der Waals surface area contributed by atoms with E-state index >= 15 is 0 Å². The lowest BCUT2D eigenvalue weighted by molar-refractivity contribution is -0.387. The minimum absolute atomic E-state index is 0.171. The van der Waals surface area contributed by atoms with Crippen molar-refractivity contribution in [2.24, 2.45) is 0 Å². The van der Waals surface area contributed by atoms with Crippen molar-refractivity contribution in [3.63, 3.8) is 0 Å². The quantitative estimate of drug-likeness (QED) is 0.141. The molecule has 0 atom stereocenters. The molecule has 11 nitrogen and oxygen atoms in total. The van der Waals surface area contributed by atoms with E-state index in [1.165, 1.54) is 18.2 Å². The smallest absolute Gasteiger partial charge is 0.346 e. The van der Waals surface area contributed by atoms with Gasteiger partial charge in [-0.2, -0.15) is 0 Å². The molecule has 2 aromatic rings. The first-order valence-corrected chi connectivity index (χ1v) is 9.80. The van der Waals surface area contributed by atoms with Crippen molar-refractivity contribution in [1.82, 2.24) is 0 Å². The van der Waals surface area contributed by atoms with E-state index in [2.05, 4.69) is 4.74 Å². The number of nitro groups is 2. The number of halogens is 1. The molecule has 0 heterocycles. The lowest BCUT2D eigenvalue weighted by atomic mass is 10.2. The zero-order chi connectivity index (χ0) is 23.1. The Morgan fingerprint density at radius 3 is 2.23 bits per heavy atom. The molecule has 0 saturated carbocycles. The van der Waals surface area contributed by atoms with Gasteiger partial charge in [-0.3, -0.25) is 25.0 Å². The highest BCUT2D eigenvalue weighted by Gasteiger charge is 2.20. The van der Waals surface area contributed by atoms with Crippen LogP contribution in [0.4, 0.5) is 11.4 Å². The van der Waals surface area contributed by atoms with Crippen LogP contribution >= 0.6 is 23.4 Å². The number of benzene rings is 2. The standard InChI is InChI=1S/C18H13ClN2O9S/c19-12-5-3-11(9-13(12)20(26)27)18(25)30-16(22)2-1-7-31-15-6-4-10(17(23)24)8-14(15)21(28)29/h3-6,8-9H,1-2,7H2,(H,23,24). The zero-order valence-corrected chi connectivity index (χ0v) is 17.1. The fraction of sp³-hybridized carbons (Fsp3) is 0.167. The number of ether oxygens (including phenoxy) is 1. The van der Waals surface area contributed by atoms with Crippen LogP contribution in [0.5, 0.6) is 0 Å². The van der Waals surface area contributed by atoms with E-state index < -0.39 is 33.4 Å².